The van der Waals surface area contributed by atoms with E-state index in [0.29, 0.717) is 22.6 Å². The molecule has 1 aromatic rings. The van der Waals surface area contributed by atoms with Crippen LogP contribution in [0.1, 0.15) is 59.2 Å². The molecule has 1 aliphatic carbocycles. The maximum absolute atomic E-state index is 12.9. The van der Waals surface area contributed by atoms with Crippen molar-refractivity contribution in [3.05, 3.63) is 29.3 Å². The summed E-state index contributed by atoms with van der Waals surface area (Å²) in [6.45, 7) is 2.16. The zero-order valence-electron chi connectivity index (χ0n) is 16.1. The van der Waals surface area contributed by atoms with Crippen LogP contribution in [-0.2, 0) is 9.59 Å². The molecule has 8 nitrogen and oxygen atoms in total. The van der Waals surface area contributed by atoms with Crippen LogP contribution in [0.4, 0.5) is 5.69 Å². The first-order valence-electron chi connectivity index (χ1n) is 10.3. The van der Waals surface area contributed by atoms with E-state index >= 15 is 0 Å². The lowest BCUT2D eigenvalue weighted by Crippen LogP contribution is -2.54. The summed E-state index contributed by atoms with van der Waals surface area (Å²) in [6.07, 6.45) is 4.96. The molecule has 4 aliphatic rings. The third-order valence-corrected chi connectivity index (χ3v) is 6.83. The van der Waals surface area contributed by atoms with Crippen molar-refractivity contribution in [2.75, 3.05) is 18.4 Å². The Hall–Kier alpha value is -2.74. The Labute approximate surface area is 168 Å². The zero-order valence-corrected chi connectivity index (χ0v) is 16.1. The van der Waals surface area contributed by atoms with E-state index in [1.807, 2.05) is 6.07 Å². The second-order valence-electron chi connectivity index (χ2n) is 8.71. The van der Waals surface area contributed by atoms with Crippen molar-refractivity contribution in [2.45, 2.75) is 50.6 Å². The van der Waals surface area contributed by atoms with Crippen molar-refractivity contribution in [3.63, 3.8) is 0 Å². The molecule has 1 aromatic carbocycles. The molecular formula is C21H24N4O4. The molecule has 1 unspecified atom stereocenters. The molecule has 1 atom stereocenters. The number of carbonyl (C=O) groups is 4. The van der Waals surface area contributed by atoms with Crippen molar-refractivity contribution < 1.29 is 19.2 Å². The molecule has 4 amide bonds. The van der Waals surface area contributed by atoms with Crippen LogP contribution in [-0.4, -0.2) is 53.7 Å². The highest BCUT2D eigenvalue weighted by atomic mass is 16.2. The number of nitrogens with zero attached hydrogens (tertiary/aromatic N) is 1. The van der Waals surface area contributed by atoms with Gasteiger partial charge < -0.3 is 10.6 Å². The summed E-state index contributed by atoms with van der Waals surface area (Å²) in [7, 11) is 0. The lowest BCUT2D eigenvalue weighted by atomic mass is 9.60. The quantitative estimate of drug-likeness (QED) is 0.659. The van der Waals surface area contributed by atoms with Crippen molar-refractivity contribution in [2.24, 2.45) is 5.41 Å². The largest absolute Gasteiger partial charge is 0.382 e. The summed E-state index contributed by atoms with van der Waals surface area (Å²) in [5, 5.41) is 9.12. The first-order valence-corrected chi connectivity index (χ1v) is 10.3. The lowest BCUT2D eigenvalue weighted by Gasteiger charge is -2.50. The number of benzene rings is 1. The number of nitrogens with one attached hydrogen (secondary N) is 3. The van der Waals surface area contributed by atoms with E-state index in [2.05, 4.69) is 16.0 Å². The third-order valence-electron chi connectivity index (χ3n) is 6.83. The highest BCUT2D eigenvalue weighted by Gasteiger charge is 2.46. The average molecular weight is 396 g/mol. The summed E-state index contributed by atoms with van der Waals surface area (Å²) in [5.41, 5.74) is 1.91. The molecule has 0 radical (unpaired) electrons. The molecular weight excluding hydrogens is 372 g/mol. The van der Waals surface area contributed by atoms with Gasteiger partial charge in [-0.25, -0.2) is 0 Å². The summed E-state index contributed by atoms with van der Waals surface area (Å²) in [5.74, 6) is -1.90. The minimum atomic E-state index is -0.928. The normalized spacial score (nSPS) is 26.3. The smallest absolute Gasteiger partial charge is 0.262 e. The van der Waals surface area contributed by atoms with Gasteiger partial charge in [0.2, 0.25) is 11.8 Å². The van der Waals surface area contributed by atoms with Crippen LogP contribution in [0.5, 0.6) is 0 Å². The van der Waals surface area contributed by atoms with E-state index in [0.717, 1.165) is 36.5 Å². The number of piperidine rings is 2. The van der Waals surface area contributed by atoms with E-state index in [-0.39, 0.29) is 18.7 Å². The highest BCUT2D eigenvalue weighted by Crippen LogP contribution is 2.49. The van der Waals surface area contributed by atoms with Crippen LogP contribution in [0.15, 0.2) is 18.2 Å². The maximum Gasteiger partial charge on any atom is 0.262 e. The van der Waals surface area contributed by atoms with Crippen molar-refractivity contribution >= 4 is 29.3 Å². The molecule has 2 saturated heterocycles. The van der Waals surface area contributed by atoms with E-state index in [4.69, 9.17) is 0 Å². The number of rotatable bonds is 3. The Morgan fingerprint density at radius 2 is 1.72 bits per heavy atom. The van der Waals surface area contributed by atoms with Crippen LogP contribution in [0, 0.1) is 5.41 Å². The Morgan fingerprint density at radius 1 is 1.00 bits per heavy atom. The minimum Gasteiger partial charge on any atom is -0.382 e. The molecule has 0 bridgehead atoms. The van der Waals surface area contributed by atoms with Gasteiger partial charge in [0, 0.05) is 18.2 Å². The van der Waals surface area contributed by atoms with Crippen LogP contribution < -0.4 is 16.0 Å². The first-order chi connectivity index (χ1) is 14.0. The van der Waals surface area contributed by atoms with E-state index in [1.165, 1.54) is 12.8 Å². The monoisotopic (exact) mass is 396 g/mol. The molecule has 1 spiro atoms. The Balaban J connectivity index is 1.30. The number of fused-ring (bicyclic) bond motifs is 1. The second kappa shape index (κ2) is 6.66. The zero-order chi connectivity index (χ0) is 20.2. The van der Waals surface area contributed by atoms with Crippen molar-refractivity contribution in [3.8, 4) is 0 Å². The van der Waals surface area contributed by atoms with Gasteiger partial charge in [0.15, 0.2) is 0 Å². The van der Waals surface area contributed by atoms with E-state index < -0.39 is 23.8 Å². The van der Waals surface area contributed by atoms with Gasteiger partial charge in [0.25, 0.3) is 11.8 Å². The molecule has 3 heterocycles. The molecule has 1 saturated carbocycles. The third kappa shape index (κ3) is 3.02. The predicted molar refractivity (Wildman–Crippen MR) is 104 cm³/mol. The van der Waals surface area contributed by atoms with Gasteiger partial charge in [0.05, 0.1) is 11.1 Å². The number of hydrogen-bond donors (Lipinski definition) is 3. The van der Waals surface area contributed by atoms with Crippen molar-refractivity contribution in [1.82, 2.24) is 15.5 Å². The SMILES string of the molecule is O=C1CCC(N2C(=O)c3ccc(NC4CC5(CCNCC5)C4)cc3C2=O)C(=O)N1. The molecule has 3 aliphatic heterocycles. The summed E-state index contributed by atoms with van der Waals surface area (Å²) in [6, 6.07) is 4.65. The Morgan fingerprint density at radius 3 is 2.45 bits per heavy atom. The van der Waals surface area contributed by atoms with Crippen LogP contribution in [0.25, 0.3) is 0 Å². The first kappa shape index (κ1) is 18.3. The summed E-state index contributed by atoms with van der Waals surface area (Å²) < 4.78 is 0. The van der Waals surface area contributed by atoms with Gasteiger partial charge in [-0.3, -0.25) is 29.4 Å². The van der Waals surface area contributed by atoms with Crippen LogP contribution in [0.3, 0.4) is 0 Å². The van der Waals surface area contributed by atoms with Gasteiger partial charge in [-0.2, -0.15) is 0 Å². The number of amides is 4. The average Bonchev–Trinajstić information content (AvgIpc) is 2.92. The fourth-order valence-electron chi connectivity index (χ4n) is 5.25. The molecule has 5 rings (SSSR count). The second-order valence-corrected chi connectivity index (χ2v) is 8.71. The van der Waals surface area contributed by atoms with E-state index in [9.17, 15) is 19.2 Å². The minimum absolute atomic E-state index is 0.121. The van der Waals surface area contributed by atoms with E-state index in [1.54, 1.807) is 12.1 Å². The highest BCUT2D eigenvalue weighted by molar-refractivity contribution is 6.23. The summed E-state index contributed by atoms with van der Waals surface area (Å²) in [4.78, 5) is 50.2. The number of hydrogen-bond acceptors (Lipinski definition) is 6. The molecule has 3 N–H and O–H groups in total. The van der Waals surface area contributed by atoms with Gasteiger partial charge in [-0.15, -0.1) is 0 Å². The van der Waals surface area contributed by atoms with Gasteiger partial charge in [0.1, 0.15) is 6.04 Å². The molecule has 0 aromatic heterocycles. The fourth-order valence-corrected chi connectivity index (χ4v) is 5.25. The van der Waals surface area contributed by atoms with Gasteiger partial charge >= 0.3 is 0 Å². The lowest BCUT2D eigenvalue weighted by molar-refractivity contribution is -0.136. The number of carbonyl (C=O) groups excluding carboxylic acids is 4. The molecule has 3 fully saturated rings. The number of imide groups is 2. The molecule has 29 heavy (non-hydrogen) atoms. The van der Waals surface area contributed by atoms with Crippen LogP contribution >= 0.6 is 0 Å². The fraction of sp³-hybridized carbons (Fsp3) is 0.524. The predicted octanol–water partition coefficient (Wildman–Crippen LogP) is 1.03. The topological polar surface area (TPSA) is 108 Å². The Bertz CT molecular complexity index is 913. The number of anilines is 1. The Kier molecular flexibility index (Phi) is 4.20. The maximum atomic E-state index is 12.9. The van der Waals surface area contributed by atoms with Crippen LogP contribution in [0.2, 0.25) is 0 Å². The van der Waals surface area contributed by atoms with Gasteiger partial charge in [-0.1, -0.05) is 0 Å². The van der Waals surface area contributed by atoms with Gasteiger partial charge in [-0.05, 0) is 68.8 Å². The van der Waals surface area contributed by atoms with Crippen molar-refractivity contribution in [1.29, 1.82) is 0 Å². The summed E-state index contributed by atoms with van der Waals surface area (Å²) >= 11 is 0. The standard InChI is InChI=1S/C21H24N4O4/c26-17-4-3-16(18(27)24-17)25-19(28)14-2-1-12(9-15(14)20(25)29)23-13-10-21(11-13)5-7-22-8-6-21/h1-2,9,13,16,22-23H,3-8,10-11H2,(H,24,26,27). The molecule has 8 heteroatoms. The molecule has 152 valence electrons.